The number of aliphatic carboxylic acids is 1. The van der Waals surface area contributed by atoms with E-state index >= 15 is 0 Å². The Bertz CT molecular complexity index is 743. The smallest absolute Gasteiger partial charge is 0.322 e. The zero-order chi connectivity index (χ0) is 16.7. The molecule has 1 atom stereocenters. The molecule has 1 aromatic rings. The maximum absolute atomic E-state index is 12.7. The van der Waals surface area contributed by atoms with Gasteiger partial charge in [-0.15, -0.1) is 0 Å². The number of sulfonamides is 1. The molecule has 9 heteroatoms. The van der Waals surface area contributed by atoms with Crippen LogP contribution in [-0.4, -0.2) is 41.3 Å². The first-order chi connectivity index (χ1) is 10.2. The molecule has 0 radical (unpaired) electrons. The average molecular weight is 328 g/mol. The van der Waals surface area contributed by atoms with Crippen LogP contribution in [-0.2, 0) is 14.8 Å². The summed E-state index contributed by atoms with van der Waals surface area (Å²) in [5.41, 5.74) is 0.165. The van der Waals surface area contributed by atoms with E-state index in [1.807, 2.05) is 0 Å². The Morgan fingerprint density at radius 2 is 2.05 bits per heavy atom. The average Bonchev–Trinajstić information content (AvgIpc) is 2.90. The fourth-order valence-electron chi connectivity index (χ4n) is 2.67. The summed E-state index contributed by atoms with van der Waals surface area (Å²) in [5, 5.41) is 20.2. The predicted molar refractivity (Wildman–Crippen MR) is 77.1 cm³/mol. The molecule has 0 spiro atoms. The second-order valence-corrected chi connectivity index (χ2v) is 7.14. The molecule has 1 fully saturated rings. The highest BCUT2D eigenvalue weighted by atomic mass is 32.2. The van der Waals surface area contributed by atoms with Crippen molar-refractivity contribution >= 4 is 21.7 Å². The van der Waals surface area contributed by atoms with E-state index in [9.17, 15) is 23.3 Å². The lowest BCUT2D eigenvalue weighted by Crippen LogP contribution is -2.40. The van der Waals surface area contributed by atoms with Gasteiger partial charge in [-0.1, -0.05) is 0 Å². The lowest BCUT2D eigenvalue weighted by atomic mass is 10.1. The number of rotatable bonds is 4. The van der Waals surface area contributed by atoms with Crippen molar-refractivity contribution in [3.8, 4) is 0 Å². The fourth-order valence-corrected chi connectivity index (χ4v) is 4.64. The molecule has 2 rings (SSSR count). The summed E-state index contributed by atoms with van der Waals surface area (Å²) in [6.07, 6.45) is 0.685. The first-order valence-corrected chi connectivity index (χ1v) is 8.10. The zero-order valence-electron chi connectivity index (χ0n) is 12.1. The molecule has 1 heterocycles. The van der Waals surface area contributed by atoms with Gasteiger partial charge in [0, 0.05) is 18.2 Å². The molecule has 1 aromatic carbocycles. The van der Waals surface area contributed by atoms with Gasteiger partial charge in [-0.2, -0.15) is 4.31 Å². The Hall–Kier alpha value is -2.00. The summed E-state index contributed by atoms with van der Waals surface area (Å²) in [6, 6.07) is 1.52. The number of carboxylic acid groups (broad SMARTS) is 1. The Kier molecular flexibility index (Phi) is 4.21. The lowest BCUT2D eigenvalue weighted by Gasteiger charge is -2.22. The molecule has 1 saturated heterocycles. The fraction of sp³-hybridized carbons (Fsp3) is 0.462. The van der Waals surface area contributed by atoms with Crippen LogP contribution in [0.5, 0.6) is 0 Å². The molecule has 0 aromatic heterocycles. The molecule has 1 N–H and O–H groups in total. The molecule has 1 aliphatic rings. The number of nitro groups is 1. The summed E-state index contributed by atoms with van der Waals surface area (Å²) in [7, 11) is -4.09. The normalized spacial score (nSPS) is 19.3. The molecule has 0 bridgehead atoms. The number of aryl methyl sites for hydroxylation is 1. The van der Waals surface area contributed by atoms with Crippen LogP contribution in [0.15, 0.2) is 17.0 Å². The van der Waals surface area contributed by atoms with Crippen LogP contribution in [0.25, 0.3) is 0 Å². The van der Waals surface area contributed by atoms with E-state index in [0.717, 1.165) is 4.31 Å². The van der Waals surface area contributed by atoms with Crippen molar-refractivity contribution in [2.45, 2.75) is 37.6 Å². The van der Waals surface area contributed by atoms with Crippen LogP contribution in [0, 0.1) is 24.0 Å². The topological polar surface area (TPSA) is 118 Å². The molecule has 22 heavy (non-hydrogen) atoms. The maximum atomic E-state index is 12.7. The Labute approximate surface area is 127 Å². The minimum Gasteiger partial charge on any atom is -0.480 e. The maximum Gasteiger partial charge on any atom is 0.322 e. The third-order valence-corrected chi connectivity index (χ3v) is 5.78. The minimum atomic E-state index is -4.09. The predicted octanol–water partition coefficient (Wildman–Crippen LogP) is 1.45. The highest BCUT2D eigenvalue weighted by molar-refractivity contribution is 7.89. The highest BCUT2D eigenvalue weighted by Crippen LogP contribution is 2.32. The van der Waals surface area contributed by atoms with Crippen LogP contribution in [0.3, 0.4) is 0 Å². The Morgan fingerprint density at radius 1 is 1.41 bits per heavy atom. The van der Waals surface area contributed by atoms with Gasteiger partial charge >= 0.3 is 5.97 Å². The second-order valence-electron chi connectivity index (χ2n) is 5.28. The third-order valence-electron chi connectivity index (χ3n) is 3.75. The van der Waals surface area contributed by atoms with Crippen LogP contribution >= 0.6 is 0 Å². The molecule has 1 aliphatic heterocycles. The van der Waals surface area contributed by atoms with Gasteiger partial charge < -0.3 is 5.11 Å². The van der Waals surface area contributed by atoms with Gasteiger partial charge in [-0.05, 0) is 38.3 Å². The standard InChI is InChI=1S/C13H16N2O6S/c1-8-6-11(15(18)19)9(2)12(7-8)22(20,21)14-5-3-4-10(14)13(16)17/h6-7,10H,3-5H2,1-2H3,(H,16,17)/t10-/m0/s1. The molecular weight excluding hydrogens is 312 g/mol. The molecule has 8 nitrogen and oxygen atoms in total. The van der Waals surface area contributed by atoms with Crippen LogP contribution in [0.2, 0.25) is 0 Å². The lowest BCUT2D eigenvalue weighted by molar-refractivity contribution is -0.385. The van der Waals surface area contributed by atoms with Crippen molar-refractivity contribution in [1.29, 1.82) is 0 Å². The van der Waals surface area contributed by atoms with Crippen molar-refractivity contribution in [3.05, 3.63) is 33.4 Å². The molecule has 0 unspecified atom stereocenters. The van der Waals surface area contributed by atoms with Crippen LogP contribution < -0.4 is 0 Å². The van der Waals surface area contributed by atoms with Crippen molar-refractivity contribution in [1.82, 2.24) is 4.31 Å². The van der Waals surface area contributed by atoms with Gasteiger partial charge in [0.1, 0.15) is 6.04 Å². The van der Waals surface area contributed by atoms with E-state index in [4.69, 9.17) is 5.11 Å². The quantitative estimate of drug-likeness (QED) is 0.660. The van der Waals surface area contributed by atoms with Gasteiger partial charge in [0.25, 0.3) is 5.69 Å². The third kappa shape index (κ3) is 2.69. The van der Waals surface area contributed by atoms with Gasteiger partial charge in [-0.3, -0.25) is 14.9 Å². The van der Waals surface area contributed by atoms with Gasteiger partial charge in [0.15, 0.2) is 0 Å². The van der Waals surface area contributed by atoms with E-state index in [2.05, 4.69) is 0 Å². The summed E-state index contributed by atoms with van der Waals surface area (Å²) in [4.78, 5) is 21.4. The number of hydrogen-bond donors (Lipinski definition) is 1. The van der Waals surface area contributed by atoms with E-state index in [-0.39, 0.29) is 29.1 Å². The van der Waals surface area contributed by atoms with Crippen molar-refractivity contribution in [3.63, 3.8) is 0 Å². The number of carbonyl (C=O) groups is 1. The van der Waals surface area contributed by atoms with Crippen LogP contribution in [0.4, 0.5) is 5.69 Å². The SMILES string of the molecule is Cc1cc([N+](=O)[O-])c(C)c(S(=O)(=O)N2CCC[C@H]2C(=O)O)c1. The van der Waals surface area contributed by atoms with E-state index in [0.29, 0.717) is 12.0 Å². The molecule has 0 aliphatic carbocycles. The Morgan fingerprint density at radius 3 is 2.59 bits per heavy atom. The number of hydrogen-bond acceptors (Lipinski definition) is 5. The number of carboxylic acids is 1. The van der Waals surface area contributed by atoms with E-state index in [1.54, 1.807) is 6.92 Å². The van der Waals surface area contributed by atoms with E-state index in [1.165, 1.54) is 19.1 Å². The first kappa shape index (κ1) is 16.4. The summed E-state index contributed by atoms with van der Waals surface area (Å²) in [5.74, 6) is -1.21. The summed E-state index contributed by atoms with van der Waals surface area (Å²) in [6.45, 7) is 3.01. The summed E-state index contributed by atoms with van der Waals surface area (Å²) >= 11 is 0. The largest absolute Gasteiger partial charge is 0.480 e. The zero-order valence-corrected chi connectivity index (χ0v) is 13.0. The molecule has 0 amide bonds. The first-order valence-electron chi connectivity index (χ1n) is 6.66. The molecule has 0 saturated carbocycles. The molecule has 120 valence electrons. The summed E-state index contributed by atoms with van der Waals surface area (Å²) < 4.78 is 26.4. The van der Waals surface area contributed by atoms with Gasteiger partial charge in [0.05, 0.1) is 9.82 Å². The Balaban J connectivity index is 2.59. The van der Waals surface area contributed by atoms with Crippen molar-refractivity contribution in [2.24, 2.45) is 0 Å². The van der Waals surface area contributed by atoms with Crippen molar-refractivity contribution in [2.75, 3.05) is 6.54 Å². The number of benzene rings is 1. The minimum absolute atomic E-state index is 0.0200. The van der Waals surface area contributed by atoms with E-state index < -0.39 is 27.0 Å². The molecular formula is C13H16N2O6S. The van der Waals surface area contributed by atoms with Crippen LogP contribution in [0.1, 0.15) is 24.0 Å². The number of nitrogens with zero attached hydrogens (tertiary/aromatic N) is 2. The van der Waals surface area contributed by atoms with Gasteiger partial charge in [-0.25, -0.2) is 8.42 Å². The second kappa shape index (κ2) is 5.65. The van der Waals surface area contributed by atoms with Gasteiger partial charge in [0.2, 0.25) is 10.0 Å². The highest BCUT2D eigenvalue weighted by Gasteiger charge is 2.40. The monoisotopic (exact) mass is 328 g/mol. The van der Waals surface area contributed by atoms with Crippen molar-refractivity contribution < 1.29 is 23.2 Å². The number of nitro benzene ring substituents is 1.